The molecule has 3 nitrogen and oxygen atoms in total. The Hall–Kier alpha value is -1.35. The summed E-state index contributed by atoms with van der Waals surface area (Å²) in [5, 5.41) is 12.3. The van der Waals surface area contributed by atoms with E-state index in [2.05, 4.69) is 23.3 Å². The van der Waals surface area contributed by atoms with Gasteiger partial charge in [-0.05, 0) is 32.0 Å². The second-order valence-corrected chi connectivity index (χ2v) is 3.30. The van der Waals surface area contributed by atoms with Crippen molar-refractivity contribution >= 4 is 6.08 Å². The van der Waals surface area contributed by atoms with Crippen molar-refractivity contribution in [2.75, 3.05) is 7.05 Å². The second kappa shape index (κ2) is 5.40. The van der Waals surface area contributed by atoms with Crippen molar-refractivity contribution in [1.29, 1.82) is 0 Å². The Morgan fingerprint density at radius 3 is 3.00 bits per heavy atom. The number of pyridine rings is 1. The molecule has 0 saturated carbocycles. The van der Waals surface area contributed by atoms with Gasteiger partial charge in [-0.1, -0.05) is 12.2 Å². The number of rotatable bonds is 4. The lowest BCUT2D eigenvalue weighted by Gasteiger charge is -2.04. The number of aromatic hydroxyl groups is 1. The van der Waals surface area contributed by atoms with Crippen LogP contribution in [0.25, 0.3) is 6.08 Å². The van der Waals surface area contributed by atoms with Gasteiger partial charge >= 0.3 is 0 Å². The average molecular weight is 192 g/mol. The highest BCUT2D eigenvalue weighted by atomic mass is 16.3. The first kappa shape index (κ1) is 10.7. The Labute approximate surface area is 84.5 Å². The molecule has 76 valence electrons. The first-order valence-electron chi connectivity index (χ1n) is 4.70. The summed E-state index contributed by atoms with van der Waals surface area (Å²) < 4.78 is 0. The van der Waals surface area contributed by atoms with Gasteiger partial charge in [0, 0.05) is 12.2 Å². The first-order chi connectivity index (χ1) is 6.72. The van der Waals surface area contributed by atoms with E-state index in [4.69, 9.17) is 5.11 Å². The zero-order valence-electron chi connectivity index (χ0n) is 8.57. The van der Waals surface area contributed by atoms with Crippen LogP contribution in [0.1, 0.15) is 18.9 Å². The molecule has 1 aromatic rings. The van der Waals surface area contributed by atoms with E-state index in [1.807, 2.05) is 13.1 Å². The molecule has 0 bridgehead atoms. The van der Waals surface area contributed by atoms with Gasteiger partial charge in [0.2, 0.25) is 0 Å². The van der Waals surface area contributed by atoms with Gasteiger partial charge < -0.3 is 10.4 Å². The van der Waals surface area contributed by atoms with Crippen LogP contribution in [0.5, 0.6) is 5.75 Å². The molecular formula is C11H16N2O. The molecule has 0 spiro atoms. The van der Waals surface area contributed by atoms with E-state index in [0.717, 1.165) is 12.0 Å². The molecule has 0 radical (unpaired) electrons. The lowest BCUT2D eigenvalue weighted by atomic mass is 10.2. The Balaban J connectivity index is 2.51. The predicted molar refractivity (Wildman–Crippen MR) is 58.1 cm³/mol. The summed E-state index contributed by atoms with van der Waals surface area (Å²) in [6.45, 7) is 2.12. The molecule has 0 aliphatic carbocycles. The van der Waals surface area contributed by atoms with Crippen molar-refractivity contribution < 1.29 is 5.11 Å². The average Bonchev–Trinajstić information content (AvgIpc) is 2.17. The number of hydrogen-bond donors (Lipinski definition) is 2. The highest BCUT2D eigenvalue weighted by Gasteiger charge is 1.93. The smallest absolute Gasteiger partial charge is 0.134 e. The van der Waals surface area contributed by atoms with Crippen molar-refractivity contribution in [1.82, 2.24) is 10.3 Å². The van der Waals surface area contributed by atoms with Crippen LogP contribution in [0.2, 0.25) is 0 Å². The van der Waals surface area contributed by atoms with Crippen molar-refractivity contribution in [2.24, 2.45) is 0 Å². The molecule has 1 heterocycles. The molecule has 1 aromatic heterocycles. The Morgan fingerprint density at radius 2 is 2.36 bits per heavy atom. The van der Waals surface area contributed by atoms with Gasteiger partial charge in [0.25, 0.3) is 0 Å². The minimum atomic E-state index is 0.203. The number of nitrogens with one attached hydrogen (secondary N) is 1. The Kier molecular flexibility index (Phi) is 4.13. The maximum Gasteiger partial charge on any atom is 0.134 e. The molecule has 1 atom stereocenters. The molecule has 14 heavy (non-hydrogen) atoms. The molecule has 0 saturated heterocycles. The lowest BCUT2D eigenvalue weighted by Crippen LogP contribution is -2.19. The van der Waals surface area contributed by atoms with E-state index in [1.54, 1.807) is 12.3 Å². The van der Waals surface area contributed by atoms with Gasteiger partial charge in [-0.2, -0.15) is 0 Å². The van der Waals surface area contributed by atoms with Crippen molar-refractivity contribution in [3.8, 4) is 5.75 Å². The van der Waals surface area contributed by atoms with Crippen molar-refractivity contribution in [2.45, 2.75) is 19.4 Å². The van der Waals surface area contributed by atoms with Crippen LogP contribution in [0.3, 0.4) is 0 Å². The largest absolute Gasteiger partial charge is 0.506 e. The van der Waals surface area contributed by atoms with Gasteiger partial charge in [0.05, 0.1) is 6.20 Å². The molecule has 0 aromatic carbocycles. The fraction of sp³-hybridized carbons (Fsp3) is 0.364. The van der Waals surface area contributed by atoms with Crippen molar-refractivity contribution in [3.05, 3.63) is 30.1 Å². The Morgan fingerprint density at radius 1 is 1.57 bits per heavy atom. The van der Waals surface area contributed by atoms with Crippen LogP contribution in [-0.4, -0.2) is 23.2 Å². The third kappa shape index (κ3) is 3.58. The minimum Gasteiger partial charge on any atom is -0.506 e. The summed E-state index contributed by atoms with van der Waals surface area (Å²) in [6.07, 6.45) is 8.14. The number of nitrogens with zero attached hydrogens (tertiary/aromatic N) is 1. The summed E-state index contributed by atoms with van der Waals surface area (Å²) in [5.74, 6) is 0.203. The second-order valence-electron chi connectivity index (χ2n) is 3.30. The molecule has 0 aliphatic rings. The molecule has 0 fully saturated rings. The monoisotopic (exact) mass is 192 g/mol. The molecular weight excluding hydrogens is 176 g/mol. The Bertz CT molecular complexity index is 310. The van der Waals surface area contributed by atoms with Crippen LogP contribution >= 0.6 is 0 Å². The molecule has 1 rings (SSSR count). The van der Waals surface area contributed by atoms with E-state index < -0.39 is 0 Å². The van der Waals surface area contributed by atoms with Crippen molar-refractivity contribution in [3.63, 3.8) is 0 Å². The number of hydrogen-bond acceptors (Lipinski definition) is 3. The highest BCUT2D eigenvalue weighted by molar-refractivity contribution is 5.49. The zero-order valence-corrected chi connectivity index (χ0v) is 8.57. The SMILES string of the molecule is CNC(C)C/C=C/c1cncc(O)c1. The third-order valence-corrected chi connectivity index (χ3v) is 2.04. The molecule has 2 N–H and O–H groups in total. The maximum absolute atomic E-state index is 9.16. The van der Waals surface area contributed by atoms with Gasteiger partial charge in [0.15, 0.2) is 0 Å². The van der Waals surface area contributed by atoms with Gasteiger partial charge in [-0.3, -0.25) is 4.98 Å². The standard InChI is InChI=1S/C11H16N2O/c1-9(12-2)4-3-5-10-6-11(14)8-13-7-10/h3,5-9,12,14H,4H2,1-2H3/b5-3+. The molecule has 3 heteroatoms. The van der Waals surface area contributed by atoms with Crippen LogP contribution in [-0.2, 0) is 0 Å². The van der Waals surface area contributed by atoms with E-state index >= 15 is 0 Å². The van der Waals surface area contributed by atoms with Crippen LogP contribution < -0.4 is 5.32 Å². The van der Waals surface area contributed by atoms with Gasteiger partial charge in [-0.25, -0.2) is 0 Å². The summed E-state index contributed by atoms with van der Waals surface area (Å²) in [7, 11) is 1.94. The van der Waals surface area contributed by atoms with E-state index in [-0.39, 0.29) is 5.75 Å². The minimum absolute atomic E-state index is 0.203. The van der Waals surface area contributed by atoms with Gasteiger partial charge in [-0.15, -0.1) is 0 Å². The topological polar surface area (TPSA) is 45.2 Å². The molecule has 1 unspecified atom stereocenters. The summed E-state index contributed by atoms with van der Waals surface area (Å²) in [5.41, 5.74) is 0.924. The predicted octanol–water partition coefficient (Wildman–Crippen LogP) is 1.80. The zero-order chi connectivity index (χ0) is 10.4. The summed E-state index contributed by atoms with van der Waals surface area (Å²) in [6, 6.07) is 2.16. The molecule has 0 aliphatic heterocycles. The molecule has 0 amide bonds. The maximum atomic E-state index is 9.16. The fourth-order valence-electron chi connectivity index (χ4n) is 1.06. The fourth-order valence-corrected chi connectivity index (χ4v) is 1.06. The third-order valence-electron chi connectivity index (χ3n) is 2.04. The number of aromatic nitrogens is 1. The highest BCUT2D eigenvalue weighted by Crippen LogP contribution is 2.10. The van der Waals surface area contributed by atoms with Crippen LogP contribution in [0.4, 0.5) is 0 Å². The van der Waals surface area contributed by atoms with E-state index in [9.17, 15) is 0 Å². The normalized spacial score (nSPS) is 13.3. The summed E-state index contributed by atoms with van der Waals surface area (Å²) >= 11 is 0. The van der Waals surface area contributed by atoms with Crippen LogP contribution in [0.15, 0.2) is 24.5 Å². The first-order valence-corrected chi connectivity index (χ1v) is 4.70. The van der Waals surface area contributed by atoms with E-state index in [0.29, 0.717) is 6.04 Å². The van der Waals surface area contributed by atoms with E-state index in [1.165, 1.54) is 6.20 Å². The quantitative estimate of drug-likeness (QED) is 0.764. The van der Waals surface area contributed by atoms with Crippen LogP contribution in [0, 0.1) is 0 Å². The van der Waals surface area contributed by atoms with Gasteiger partial charge in [0.1, 0.15) is 5.75 Å². The lowest BCUT2D eigenvalue weighted by molar-refractivity contribution is 0.472. The summed E-state index contributed by atoms with van der Waals surface area (Å²) in [4.78, 5) is 3.89.